The van der Waals surface area contributed by atoms with Crippen LogP contribution in [0.15, 0.2) is 66.7 Å². The lowest BCUT2D eigenvalue weighted by atomic mass is 10.1. The number of aromatic nitrogens is 1. The number of benzene rings is 2. The second-order valence-corrected chi connectivity index (χ2v) is 12.7. The fraction of sp³-hybridized carbons (Fsp3) is 0.400. The zero-order chi connectivity index (χ0) is 35.9. The van der Waals surface area contributed by atoms with Gasteiger partial charge in [0.2, 0.25) is 1.43 Å². The molecule has 1 amide bonds. The summed E-state index contributed by atoms with van der Waals surface area (Å²) in [6.07, 6.45) is 4.22. The lowest BCUT2D eigenvalue weighted by molar-refractivity contribution is -0.384. The van der Waals surface area contributed by atoms with Crippen molar-refractivity contribution in [1.82, 2.24) is 14.6 Å². The molecule has 250 valence electrons. The Morgan fingerprint density at radius 2 is 1.89 bits per heavy atom. The van der Waals surface area contributed by atoms with Crippen LogP contribution in [0.3, 0.4) is 0 Å². The molecule has 0 aliphatic carbocycles. The Bertz CT molecular complexity index is 1560. The van der Waals surface area contributed by atoms with Gasteiger partial charge in [0, 0.05) is 56.4 Å². The predicted octanol–water partition coefficient (Wildman–Crippen LogP) is 7.33. The topological polar surface area (TPSA) is 142 Å². The molecule has 1 saturated heterocycles. The first-order valence-corrected chi connectivity index (χ1v) is 16.5. The molecule has 11 nitrogen and oxygen atoms in total. The highest BCUT2D eigenvalue weighted by Gasteiger charge is 2.37. The van der Waals surface area contributed by atoms with Gasteiger partial charge in [-0.2, -0.15) is 5.26 Å². The number of hydrogen-bond donors (Lipinski definition) is 1. The van der Waals surface area contributed by atoms with E-state index in [0.29, 0.717) is 18.5 Å². The van der Waals surface area contributed by atoms with Gasteiger partial charge in [-0.25, -0.2) is 9.65 Å². The number of pyridine rings is 1. The van der Waals surface area contributed by atoms with E-state index in [2.05, 4.69) is 43.5 Å². The number of nitrogens with zero attached hydrogens (tertiary/aromatic N) is 5. The Balaban J connectivity index is 0.00000209. The van der Waals surface area contributed by atoms with E-state index in [9.17, 15) is 14.9 Å². The van der Waals surface area contributed by atoms with E-state index in [1.54, 1.807) is 29.2 Å². The zero-order valence-electron chi connectivity index (χ0n) is 29.5. The summed E-state index contributed by atoms with van der Waals surface area (Å²) in [7, 11) is -0.157. The van der Waals surface area contributed by atoms with E-state index in [1.165, 1.54) is 19.2 Å². The Labute approximate surface area is 281 Å². The number of non-ortho nitro benzene ring substituents is 1. The van der Waals surface area contributed by atoms with Crippen LogP contribution in [0, 0.1) is 21.4 Å². The van der Waals surface area contributed by atoms with E-state index in [-0.39, 0.29) is 55.8 Å². The first kappa shape index (κ1) is 34.3. The second kappa shape index (κ2) is 18.3. The van der Waals surface area contributed by atoms with Crippen LogP contribution in [0.2, 0.25) is 0 Å². The summed E-state index contributed by atoms with van der Waals surface area (Å²) in [4.78, 5) is 30.6. The van der Waals surface area contributed by atoms with Crippen molar-refractivity contribution >= 4 is 32.3 Å². The van der Waals surface area contributed by atoms with Crippen LogP contribution in [0.25, 0.3) is 23.4 Å². The van der Waals surface area contributed by atoms with Gasteiger partial charge in [-0.3, -0.25) is 14.9 Å². The van der Waals surface area contributed by atoms with Gasteiger partial charge in [0.1, 0.15) is 0 Å². The molecule has 2 aromatic carbocycles. The molecule has 0 spiro atoms. The van der Waals surface area contributed by atoms with Crippen molar-refractivity contribution in [2.24, 2.45) is 0 Å². The van der Waals surface area contributed by atoms with E-state index in [1.807, 2.05) is 42.5 Å². The smallest absolute Gasteiger partial charge is 0.269 e. The number of nitriles is 1. The highest BCUT2D eigenvalue weighted by atomic mass is 31.2. The molecule has 12 heteroatoms. The number of likely N-dealkylation sites (tertiary alicyclic amines) is 1. The minimum atomic E-state index is -1.45. The van der Waals surface area contributed by atoms with Gasteiger partial charge >= 0.3 is 0 Å². The number of aliphatic hydroxyl groups is 1. The first-order chi connectivity index (χ1) is 23.5. The molecule has 4 rings (SSSR count). The van der Waals surface area contributed by atoms with Crippen LogP contribution in [-0.2, 0) is 9.05 Å². The molecule has 1 aliphatic heterocycles. The number of aliphatic hydroxyl groups excluding tert-OH is 1. The molecule has 1 aromatic heterocycles. The Morgan fingerprint density at radius 3 is 2.49 bits per heavy atom. The monoisotopic (exact) mass is 664 g/mol. The van der Waals surface area contributed by atoms with Crippen LogP contribution in [0.1, 0.15) is 70.4 Å². The maximum atomic E-state index is 13.6. The number of hydrogen-bond acceptors (Lipinski definition) is 9. The van der Waals surface area contributed by atoms with Gasteiger partial charge in [0.15, 0.2) is 0 Å². The van der Waals surface area contributed by atoms with Gasteiger partial charge < -0.3 is 19.1 Å². The minimum Gasteiger partial charge on any atom is -0.400 e. The molecule has 3 atom stereocenters. The van der Waals surface area contributed by atoms with Gasteiger partial charge in [0.05, 0.1) is 41.5 Å². The van der Waals surface area contributed by atoms with Crippen LogP contribution in [0.5, 0.6) is 0 Å². The van der Waals surface area contributed by atoms with Crippen LogP contribution >= 0.6 is 8.53 Å². The molecule has 1 unspecified atom stereocenters. The van der Waals surface area contributed by atoms with E-state index < -0.39 is 13.4 Å². The zero-order valence-corrected chi connectivity index (χ0v) is 28.4. The van der Waals surface area contributed by atoms with E-state index >= 15 is 0 Å². The number of carbonyl (C=O) groups is 1. The third kappa shape index (κ3) is 10.5. The SMILES string of the molecule is [2H]C[C@@H]1C[C@@H](OP(OCCC#N)N(C(C)C)C(C)C)CN1C(=O)c1ccc(-c2cccc(/C=C/c3ccc([N+](=O)[O-])cc3)n2)cc1.[3H]OC. The lowest BCUT2D eigenvalue weighted by Crippen LogP contribution is -2.36. The van der Waals surface area contributed by atoms with Crippen LogP contribution in [0.4, 0.5) is 5.69 Å². The van der Waals surface area contributed by atoms with E-state index in [4.69, 9.17) is 22.1 Å². The average Bonchev–Trinajstić information content (AvgIpc) is 3.50. The van der Waals surface area contributed by atoms with Gasteiger partial charge in [-0.15, -0.1) is 0 Å². The molecule has 0 saturated carbocycles. The minimum absolute atomic E-state index is 0.0409. The largest absolute Gasteiger partial charge is 0.400 e. The van der Waals surface area contributed by atoms with Crippen molar-refractivity contribution in [3.8, 4) is 17.3 Å². The predicted molar refractivity (Wildman–Crippen MR) is 185 cm³/mol. The van der Waals surface area contributed by atoms with Gasteiger partial charge in [-0.1, -0.05) is 24.3 Å². The second-order valence-electron chi connectivity index (χ2n) is 11.3. The maximum Gasteiger partial charge on any atom is 0.269 e. The molecule has 1 fully saturated rings. The Hall–Kier alpha value is -4.04. The third-order valence-electron chi connectivity index (χ3n) is 7.29. The Kier molecular flexibility index (Phi) is 13.4. The average molecular weight is 665 g/mol. The molecule has 1 N–H and O–H groups in total. The van der Waals surface area contributed by atoms with Crippen LogP contribution < -0.4 is 0 Å². The standard InChI is InChI=1S/C34H40N5O5P.CH4O/c1-24(2)38(25(3)4)45(43-21-7-20-35)44-32-22-26(5)37(23-32)34(40)29-15-13-28(14-16-29)33-9-6-8-30(36-33)17-10-27-11-18-31(19-12-27)39(41)42;1-2/h6,8-19,24-26,32H,7,21-23H2,1-5H3;2H,1H3/b17-10+;/t26-,32-,45?;/m1./s1/i5D;2T. The summed E-state index contributed by atoms with van der Waals surface area (Å²) >= 11 is 0. The third-order valence-corrected chi connectivity index (χ3v) is 9.47. The highest BCUT2D eigenvalue weighted by molar-refractivity contribution is 7.44. The summed E-state index contributed by atoms with van der Waals surface area (Å²) in [5.74, 6) is -0.151. The molecule has 0 bridgehead atoms. The summed E-state index contributed by atoms with van der Waals surface area (Å²) in [6.45, 7) is 9.03. The highest BCUT2D eigenvalue weighted by Crippen LogP contribution is 2.48. The lowest BCUT2D eigenvalue weighted by Gasteiger charge is -2.36. The molecule has 0 radical (unpaired) electrons. The number of nitro groups is 1. The van der Waals surface area contributed by atoms with Gasteiger partial charge in [-0.05, 0) is 89.1 Å². The van der Waals surface area contributed by atoms with Crippen molar-refractivity contribution in [2.45, 2.75) is 71.7 Å². The fourth-order valence-electron chi connectivity index (χ4n) is 5.16. The van der Waals surface area contributed by atoms with Gasteiger partial charge in [0.25, 0.3) is 20.1 Å². The summed E-state index contributed by atoms with van der Waals surface area (Å²) in [5.41, 5.74) is 3.70. The summed E-state index contributed by atoms with van der Waals surface area (Å²) in [6, 6.07) is 21.4. The first-order valence-electron chi connectivity index (χ1n) is 16.5. The molecule has 47 heavy (non-hydrogen) atoms. The molecule has 3 aromatic rings. The number of nitro benzene ring substituents is 1. The number of rotatable bonds is 13. The Morgan fingerprint density at radius 1 is 1.21 bits per heavy atom. The molecule has 1 aliphatic rings. The molecular formula is C35H44N5O6P. The van der Waals surface area contributed by atoms with Crippen molar-refractivity contribution in [1.29, 1.82) is 6.69 Å². The van der Waals surface area contributed by atoms with Crippen molar-refractivity contribution in [3.63, 3.8) is 0 Å². The summed E-state index contributed by atoms with van der Waals surface area (Å²) in [5, 5.41) is 23.4. The van der Waals surface area contributed by atoms with Crippen molar-refractivity contribution in [2.75, 3.05) is 20.3 Å². The normalized spacial score (nSPS) is 17.3. The van der Waals surface area contributed by atoms with Crippen molar-refractivity contribution in [3.05, 3.63) is 93.7 Å². The van der Waals surface area contributed by atoms with Crippen LogP contribution in [-0.4, -0.2) is 76.4 Å². The fourth-order valence-corrected chi connectivity index (χ4v) is 6.88. The summed E-state index contributed by atoms with van der Waals surface area (Å²) < 4.78 is 28.5. The van der Waals surface area contributed by atoms with Crippen molar-refractivity contribution < 1.29 is 25.2 Å². The number of carbonyl (C=O) groups excluding carboxylic acids is 1. The molecule has 2 heterocycles. The quantitative estimate of drug-likeness (QED) is 0.0860. The van der Waals surface area contributed by atoms with E-state index in [0.717, 1.165) is 22.5 Å². The molecular weight excluding hydrogens is 617 g/mol. The maximum absolute atomic E-state index is 13.6. The number of amides is 1.